The summed E-state index contributed by atoms with van der Waals surface area (Å²) in [7, 11) is 0. The SMILES string of the molecule is c1ccc(-c2c(-c3ccccc3)c3cc(N(c4ccc(-c5cccc6ccccc56)cc4)c4cccc(-c5cccc6ccccc56)c4)ccc3c3ccccc23)cc1. The zero-order valence-electron chi connectivity index (χ0n) is 32.5. The second-order valence-corrected chi connectivity index (χ2v) is 15.2. The quantitative estimate of drug-likeness (QED) is 0.147. The van der Waals surface area contributed by atoms with Gasteiger partial charge in [-0.15, -0.1) is 0 Å². The average Bonchev–Trinajstić information content (AvgIpc) is 3.31. The summed E-state index contributed by atoms with van der Waals surface area (Å²) in [6.07, 6.45) is 0. The predicted molar refractivity (Wildman–Crippen MR) is 253 cm³/mol. The van der Waals surface area contributed by atoms with Crippen molar-refractivity contribution in [1.82, 2.24) is 0 Å². The Morgan fingerprint density at radius 3 is 1.31 bits per heavy atom. The Kier molecular flexibility index (Phi) is 8.56. The lowest BCUT2D eigenvalue weighted by atomic mass is 9.85. The van der Waals surface area contributed by atoms with E-state index >= 15 is 0 Å². The molecule has 0 amide bonds. The summed E-state index contributed by atoms with van der Waals surface area (Å²) in [5, 5.41) is 9.93. The van der Waals surface area contributed by atoms with E-state index in [0.29, 0.717) is 0 Å². The van der Waals surface area contributed by atoms with Gasteiger partial charge in [-0.2, -0.15) is 0 Å². The summed E-state index contributed by atoms with van der Waals surface area (Å²) >= 11 is 0. The summed E-state index contributed by atoms with van der Waals surface area (Å²) in [6.45, 7) is 0. The highest BCUT2D eigenvalue weighted by Crippen LogP contribution is 2.47. The zero-order chi connectivity index (χ0) is 39.1. The minimum Gasteiger partial charge on any atom is -0.310 e. The molecule has 0 N–H and O–H groups in total. The van der Waals surface area contributed by atoms with Gasteiger partial charge in [-0.3, -0.25) is 0 Å². The molecule has 0 aliphatic heterocycles. The molecule has 11 rings (SSSR count). The molecule has 11 aromatic carbocycles. The highest BCUT2D eigenvalue weighted by atomic mass is 15.1. The standard InChI is InChI=1S/C58H39N/c1-3-18-43(19-4-1)57-55-29-12-11-28-53(55)54-37-36-48(39-56(54)58(57)44-20-5-2-6-21-44)59(46-34-32-42(33-35-46)51-30-14-22-40-16-7-9-26-49(40)51)47-25-13-24-45(38-47)52-31-15-23-41-17-8-10-27-50(41)52/h1-39H. The maximum absolute atomic E-state index is 2.42. The molecule has 11 aromatic rings. The molecule has 0 saturated heterocycles. The van der Waals surface area contributed by atoms with Gasteiger partial charge in [-0.25, -0.2) is 0 Å². The van der Waals surface area contributed by atoms with Gasteiger partial charge in [0.25, 0.3) is 0 Å². The Labute approximate surface area is 344 Å². The lowest BCUT2D eigenvalue weighted by Crippen LogP contribution is -2.10. The number of benzene rings is 11. The average molecular weight is 750 g/mol. The van der Waals surface area contributed by atoms with Crippen LogP contribution >= 0.6 is 0 Å². The molecule has 276 valence electrons. The molecule has 0 heterocycles. The van der Waals surface area contributed by atoms with E-state index in [0.717, 1.165) is 17.1 Å². The molecule has 0 atom stereocenters. The molecule has 1 nitrogen and oxygen atoms in total. The molecule has 0 bridgehead atoms. The molecule has 0 saturated carbocycles. The first-order chi connectivity index (χ1) is 29.3. The van der Waals surface area contributed by atoms with Gasteiger partial charge < -0.3 is 4.90 Å². The second kappa shape index (κ2) is 14.6. The fourth-order valence-corrected chi connectivity index (χ4v) is 9.13. The predicted octanol–water partition coefficient (Wildman–Crippen LogP) is 16.4. The molecule has 0 fully saturated rings. The third-order valence-corrected chi connectivity index (χ3v) is 11.8. The van der Waals surface area contributed by atoms with Gasteiger partial charge in [0.15, 0.2) is 0 Å². The fraction of sp³-hybridized carbons (Fsp3) is 0. The summed E-state index contributed by atoms with van der Waals surface area (Å²) in [5.74, 6) is 0. The summed E-state index contributed by atoms with van der Waals surface area (Å²) in [5.41, 5.74) is 13.0. The second-order valence-electron chi connectivity index (χ2n) is 15.2. The first kappa shape index (κ1) is 34.5. The Balaban J connectivity index is 1.16. The zero-order valence-corrected chi connectivity index (χ0v) is 32.5. The maximum Gasteiger partial charge on any atom is 0.0468 e. The highest BCUT2D eigenvalue weighted by molar-refractivity contribution is 6.22. The van der Waals surface area contributed by atoms with Gasteiger partial charge in [0.2, 0.25) is 0 Å². The van der Waals surface area contributed by atoms with Crippen molar-refractivity contribution in [3.05, 3.63) is 237 Å². The van der Waals surface area contributed by atoms with E-state index in [9.17, 15) is 0 Å². The van der Waals surface area contributed by atoms with E-state index in [4.69, 9.17) is 0 Å². The van der Waals surface area contributed by atoms with Crippen LogP contribution in [0.25, 0.3) is 87.6 Å². The van der Waals surface area contributed by atoms with Gasteiger partial charge in [-0.1, -0.05) is 200 Å². The van der Waals surface area contributed by atoms with Crippen LogP contribution in [0.1, 0.15) is 0 Å². The third kappa shape index (κ3) is 6.12. The van der Waals surface area contributed by atoms with Gasteiger partial charge in [0.05, 0.1) is 0 Å². The smallest absolute Gasteiger partial charge is 0.0468 e. The third-order valence-electron chi connectivity index (χ3n) is 11.8. The van der Waals surface area contributed by atoms with Gasteiger partial charge in [0.1, 0.15) is 0 Å². The van der Waals surface area contributed by atoms with E-state index in [1.165, 1.54) is 87.6 Å². The van der Waals surface area contributed by atoms with Crippen LogP contribution in [-0.2, 0) is 0 Å². The minimum atomic E-state index is 1.09. The summed E-state index contributed by atoms with van der Waals surface area (Å²) < 4.78 is 0. The van der Waals surface area contributed by atoms with Crippen molar-refractivity contribution < 1.29 is 0 Å². The van der Waals surface area contributed by atoms with Crippen LogP contribution in [0.2, 0.25) is 0 Å². The van der Waals surface area contributed by atoms with E-state index < -0.39 is 0 Å². The van der Waals surface area contributed by atoms with Gasteiger partial charge >= 0.3 is 0 Å². The number of hydrogen-bond acceptors (Lipinski definition) is 1. The van der Waals surface area contributed by atoms with Gasteiger partial charge in [0, 0.05) is 17.1 Å². The molecule has 0 radical (unpaired) electrons. The number of anilines is 3. The van der Waals surface area contributed by atoms with Crippen LogP contribution in [-0.4, -0.2) is 0 Å². The van der Waals surface area contributed by atoms with Crippen LogP contribution in [0.3, 0.4) is 0 Å². The van der Waals surface area contributed by atoms with E-state index in [2.05, 4.69) is 241 Å². The van der Waals surface area contributed by atoms with Crippen molar-refractivity contribution in [2.75, 3.05) is 4.90 Å². The molecule has 0 unspecified atom stereocenters. The van der Waals surface area contributed by atoms with E-state index in [1.807, 2.05) is 0 Å². The molecule has 0 spiro atoms. The van der Waals surface area contributed by atoms with Crippen LogP contribution in [0.15, 0.2) is 237 Å². The van der Waals surface area contributed by atoms with Crippen molar-refractivity contribution >= 4 is 60.2 Å². The fourth-order valence-electron chi connectivity index (χ4n) is 9.13. The molecular weight excluding hydrogens is 711 g/mol. The Morgan fingerprint density at radius 2 is 0.661 bits per heavy atom. The first-order valence-electron chi connectivity index (χ1n) is 20.3. The Morgan fingerprint density at radius 1 is 0.220 bits per heavy atom. The number of hydrogen-bond donors (Lipinski definition) is 0. The normalized spacial score (nSPS) is 11.4. The molecule has 59 heavy (non-hydrogen) atoms. The van der Waals surface area contributed by atoms with Crippen LogP contribution in [0, 0.1) is 0 Å². The van der Waals surface area contributed by atoms with Crippen molar-refractivity contribution in [2.24, 2.45) is 0 Å². The number of fused-ring (bicyclic) bond motifs is 5. The monoisotopic (exact) mass is 749 g/mol. The number of rotatable bonds is 7. The Bertz CT molecular complexity index is 3300. The number of nitrogens with zero attached hydrogens (tertiary/aromatic N) is 1. The van der Waals surface area contributed by atoms with Crippen molar-refractivity contribution in [3.63, 3.8) is 0 Å². The topological polar surface area (TPSA) is 3.24 Å². The van der Waals surface area contributed by atoms with Crippen molar-refractivity contribution in [3.8, 4) is 44.5 Å². The highest BCUT2D eigenvalue weighted by Gasteiger charge is 2.21. The Hall–Kier alpha value is -7.74. The molecule has 0 aliphatic carbocycles. The molecule has 0 aliphatic rings. The van der Waals surface area contributed by atoms with E-state index in [1.54, 1.807) is 0 Å². The minimum absolute atomic E-state index is 1.09. The van der Waals surface area contributed by atoms with Crippen LogP contribution in [0.5, 0.6) is 0 Å². The van der Waals surface area contributed by atoms with Gasteiger partial charge in [-0.05, 0) is 124 Å². The largest absolute Gasteiger partial charge is 0.310 e. The summed E-state index contributed by atoms with van der Waals surface area (Å²) in [4.78, 5) is 2.42. The molecular formula is C58H39N. The van der Waals surface area contributed by atoms with Crippen LogP contribution in [0.4, 0.5) is 17.1 Å². The summed E-state index contributed by atoms with van der Waals surface area (Å²) in [6, 6.07) is 86.3. The lowest BCUT2D eigenvalue weighted by molar-refractivity contribution is 1.29. The molecule has 0 aromatic heterocycles. The first-order valence-corrected chi connectivity index (χ1v) is 20.3. The maximum atomic E-state index is 2.42. The molecule has 1 heteroatoms. The lowest BCUT2D eigenvalue weighted by Gasteiger charge is -2.27. The van der Waals surface area contributed by atoms with Crippen molar-refractivity contribution in [1.29, 1.82) is 0 Å². The van der Waals surface area contributed by atoms with E-state index in [-0.39, 0.29) is 0 Å². The van der Waals surface area contributed by atoms with Crippen LogP contribution < -0.4 is 4.90 Å². The van der Waals surface area contributed by atoms with Crippen molar-refractivity contribution in [2.45, 2.75) is 0 Å².